The van der Waals surface area contributed by atoms with Crippen molar-refractivity contribution in [2.75, 3.05) is 13.1 Å². The van der Waals surface area contributed by atoms with Crippen LogP contribution in [0.2, 0.25) is 0 Å². The van der Waals surface area contributed by atoms with Gasteiger partial charge in [0.25, 0.3) is 11.6 Å². The molecule has 1 atom stereocenters. The molecule has 0 bridgehead atoms. The van der Waals surface area contributed by atoms with E-state index in [0.29, 0.717) is 24.1 Å². The molecule has 0 aromatic carbocycles. The first-order valence-corrected chi connectivity index (χ1v) is 10.9. The number of pyridine rings is 1. The summed E-state index contributed by atoms with van der Waals surface area (Å²) in [5.41, 5.74) is 3.97. The number of fused-ring (bicyclic) bond motifs is 2. The van der Waals surface area contributed by atoms with E-state index >= 15 is 0 Å². The largest absolute Gasteiger partial charge is 0.339 e. The quantitative estimate of drug-likeness (QED) is 0.649. The van der Waals surface area contributed by atoms with Crippen LogP contribution in [-0.2, 0) is 19.3 Å². The van der Waals surface area contributed by atoms with Crippen LogP contribution < -0.4 is 0 Å². The van der Waals surface area contributed by atoms with Gasteiger partial charge in [-0.2, -0.15) is 4.98 Å². The SMILES string of the molecule is Cc1noc2nc3c(c(C(=O)N4CCCC(c5nc(CC(C)C)no5)C4)c12)CCC3. The molecule has 0 radical (unpaired) electrons. The number of amides is 1. The van der Waals surface area contributed by atoms with E-state index < -0.39 is 0 Å². The maximum absolute atomic E-state index is 13.7. The van der Waals surface area contributed by atoms with E-state index in [0.717, 1.165) is 78.8 Å². The first-order chi connectivity index (χ1) is 14.5. The summed E-state index contributed by atoms with van der Waals surface area (Å²) in [7, 11) is 0. The van der Waals surface area contributed by atoms with Crippen molar-refractivity contribution in [1.29, 1.82) is 0 Å². The Hall–Kier alpha value is -2.77. The van der Waals surface area contributed by atoms with Gasteiger partial charge < -0.3 is 13.9 Å². The number of rotatable bonds is 4. The third-order valence-electron chi connectivity index (χ3n) is 6.17. The van der Waals surface area contributed by atoms with Crippen LogP contribution in [0.15, 0.2) is 9.05 Å². The summed E-state index contributed by atoms with van der Waals surface area (Å²) in [6.45, 7) is 7.46. The summed E-state index contributed by atoms with van der Waals surface area (Å²) in [4.78, 5) is 24.9. The van der Waals surface area contributed by atoms with Crippen molar-refractivity contribution in [3.63, 3.8) is 0 Å². The fraction of sp³-hybridized carbons (Fsp3) is 0.591. The Morgan fingerprint density at radius 3 is 2.87 bits per heavy atom. The second-order valence-electron chi connectivity index (χ2n) is 8.95. The smallest absolute Gasteiger partial charge is 0.259 e. The molecule has 0 N–H and O–H groups in total. The highest BCUT2D eigenvalue weighted by atomic mass is 16.5. The van der Waals surface area contributed by atoms with Crippen LogP contribution in [0.3, 0.4) is 0 Å². The fourth-order valence-corrected chi connectivity index (χ4v) is 4.75. The molecule has 8 nitrogen and oxygen atoms in total. The van der Waals surface area contributed by atoms with E-state index in [4.69, 9.17) is 9.05 Å². The molecule has 30 heavy (non-hydrogen) atoms. The molecule has 5 rings (SSSR count). The van der Waals surface area contributed by atoms with Gasteiger partial charge in [0.1, 0.15) is 0 Å². The third kappa shape index (κ3) is 3.28. The van der Waals surface area contributed by atoms with Gasteiger partial charge in [-0.3, -0.25) is 4.79 Å². The Kier molecular flexibility index (Phi) is 4.79. The Labute approximate surface area is 175 Å². The van der Waals surface area contributed by atoms with Crippen LogP contribution in [0.5, 0.6) is 0 Å². The molecule has 1 aliphatic heterocycles. The second-order valence-corrected chi connectivity index (χ2v) is 8.95. The zero-order chi connectivity index (χ0) is 20.8. The second kappa shape index (κ2) is 7.49. The van der Waals surface area contributed by atoms with E-state index in [9.17, 15) is 4.79 Å². The lowest BCUT2D eigenvalue weighted by Gasteiger charge is -2.31. The van der Waals surface area contributed by atoms with Crippen molar-refractivity contribution in [2.45, 2.75) is 65.2 Å². The topological polar surface area (TPSA) is 98.2 Å². The number of hydrogen-bond donors (Lipinski definition) is 0. The van der Waals surface area contributed by atoms with Crippen molar-refractivity contribution < 1.29 is 13.8 Å². The molecule has 1 amide bonds. The Bertz CT molecular complexity index is 1100. The van der Waals surface area contributed by atoms with E-state index in [1.54, 1.807) is 0 Å². The minimum absolute atomic E-state index is 0.0402. The maximum Gasteiger partial charge on any atom is 0.259 e. The molecule has 0 saturated carbocycles. The lowest BCUT2D eigenvalue weighted by atomic mass is 9.95. The Morgan fingerprint density at radius 1 is 1.17 bits per heavy atom. The lowest BCUT2D eigenvalue weighted by molar-refractivity contribution is 0.0696. The summed E-state index contributed by atoms with van der Waals surface area (Å²) in [6.07, 6.45) is 5.44. The van der Waals surface area contributed by atoms with Crippen LogP contribution in [0, 0.1) is 12.8 Å². The van der Waals surface area contributed by atoms with Gasteiger partial charge in [0.05, 0.1) is 22.6 Å². The van der Waals surface area contributed by atoms with Crippen LogP contribution in [-0.4, -0.2) is 44.2 Å². The zero-order valence-electron chi connectivity index (χ0n) is 17.8. The number of aryl methyl sites for hydroxylation is 2. The van der Waals surface area contributed by atoms with E-state index in [1.807, 2.05) is 11.8 Å². The summed E-state index contributed by atoms with van der Waals surface area (Å²) in [5.74, 6) is 1.98. The first-order valence-electron chi connectivity index (χ1n) is 10.9. The summed E-state index contributed by atoms with van der Waals surface area (Å²) in [6, 6.07) is 0. The average molecular weight is 409 g/mol. The molecule has 1 aliphatic carbocycles. The third-order valence-corrected chi connectivity index (χ3v) is 6.17. The van der Waals surface area contributed by atoms with Crippen molar-refractivity contribution in [3.8, 4) is 0 Å². The summed E-state index contributed by atoms with van der Waals surface area (Å²) < 4.78 is 11.0. The Balaban J connectivity index is 1.44. The number of nitrogens with zero attached hydrogens (tertiary/aromatic N) is 5. The highest BCUT2D eigenvalue weighted by molar-refractivity contribution is 6.07. The molecule has 3 aromatic rings. The summed E-state index contributed by atoms with van der Waals surface area (Å²) in [5, 5.41) is 8.97. The van der Waals surface area contributed by atoms with Crippen LogP contribution in [0.1, 0.15) is 78.1 Å². The minimum Gasteiger partial charge on any atom is -0.339 e. The van der Waals surface area contributed by atoms with E-state index in [2.05, 4.69) is 34.1 Å². The lowest BCUT2D eigenvalue weighted by Crippen LogP contribution is -2.39. The van der Waals surface area contributed by atoms with Crippen molar-refractivity contribution >= 4 is 17.0 Å². The molecular formula is C22H27N5O3. The molecule has 1 fully saturated rings. The maximum atomic E-state index is 13.7. The molecule has 4 heterocycles. The first kappa shape index (κ1) is 19.2. The molecule has 8 heteroatoms. The molecule has 2 aliphatic rings. The highest BCUT2D eigenvalue weighted by Gasteiger charge is 2.33. The van der Waals surface area contributed by atoms with Gasteiger partial charge in [-0.15, -0.1) is 0 Å². The van der Waals surface area contributed by atoms with Gasteiger partial charge in [-0.1, -0.05) is 24.2 Å². The zero-order valence-corrected chi connectivity index (χ0v) is 17.8. The van der Waals surface area contributed by atoms with Gasteiger partial charge in [0.15, 0.2) is 5.82 Å². The summed E-state index contributed by atoms with van der Waals surface area (Å²) >= 11 is 0. The standard InChI is InChI=1S/C22H27N5O3/c1-12(2)10-17-24-20(29-26-17)14-6-5-9-27(11-14)22(28)19-15-7-4-8-16(15)23-21-18(19)13(3)25-30-21/h12,14H,4-11H2,1-3H3. The molecule has 3 aromatic heterocycles. The van der Waals surface area contributed by atoms with E-state index in [1.165, 1.54) is 0 Å². The molecular weight excluding hydrogens is 382 g/mol. The molecule has 0 spiro atoms. The van der Waals surface area contributed by atoms with Gasteiger partial charge in [-0.05, 0) is 50.5 Å². The van der Waals surface area contributed by atoms with Crippen molar-refractivity contribution in [3.05, 3.63) is 34.2 Å². The number of piperidine rings is 1. The average Bonchev–Trinajstić information content (AvgIpc) is 3.46. The predicted molar refractivity (Wildman–Crippen MR) is 109 cm³/mol. The fourth-order valence-electron chi connectivity index (χ4n) is 4.75. The predicted octanol–water partition coefficient (Wildman–Crippen LogP) is 3.62. The van der Waals surface area contributed by atoms with Crippen LogP contribution in [0.4, 0.5) is 0 Å². The van der Waals surface area contributed by atoms with Crippen molar-refractivity contribution in [1.82, 2.24) is 25.2 Å². The molecule has 1 unspecified atom stereocenters. The van der Waals surface area contributed by atoms with E-state index in [-0.39, 0.29) is 11.8 Å². The van der Waals surface area contributed by atoms with Crippen molar-refractivity contribution in [2.24, 2.45) is 5.92 Å². The normalized spacial score (nSPS) is 19.1. The van der Waals surface area contributed by atoms with Gasteiger partial charge in [0, 0.05) is 25.2 Å². The monoisotopic (exact) mass is 409 g/mol. The molecule has 158 valence electrons. The van der Waals surface area contributed by atoms with Gasteiger partial charge in [-0.25, -0.2) is 4.98 Å². The number of hydrogen-bond acceptors (Lipinski definition) is 7. The number of aromatic nitrogens is 4. The number of carbonyl (C=O) groups is 1. The van der Waals surface area contributed by atoms with Crippen LogP contribution >= 0.6 is 0 Å². The van der Waals surface area contributed by atoms with Gasteiger partial charge >= 0.3 is 0 Å². The minimum atomic E-state index is 0.0402. The van der Waals surface area contributed by atoms with Crippen LogP contribution in [0.25, 0.3) is 11.1 Å². The number of carbonyl (C=O) groups excluding carboxylic acids is 1. The highest BCUT2D eigenvalue weighted by Crippen LogP contribution is 2.34. The molecule has 1 saturated heterocycles. The Morgan fingerprint density at radius 2 is 2.03 bits per heavy atom. The number of likely N-dealkylation sites (tertiary alicyclic amines) is 1. The van der Waals surface area contributed by atoms with Gasteiger partial charge in [0.2, 0.25) is 5.89 Å².